The molecule has 0 spiro atoms. The predicted molar refractivity (Wildman–Crippen MR) is 48.5 cm³/mol. The zero-order valence-electron chi connectivity index (χ0n) is 7.45. The van der Waals surface area contributed by atoms with Gasteiger partial charge in [0.25, 0.3) is 0 Å². The molecule has 0 bridgehead atoms. The van der Waals surface area contributed by atoms with Gasteiger partial charge in [-0.2, -0.15) is 0 Å². The van der Waals surface area contributed by atoms with Crippen molar-refractivity contribution in [3.63, 3.8) is 0 Å². The summed E-state index contributed by atoms with van der Waals surface area (Å²) in [4.78, 5) is 0. The lowest BCUT2D eigenvalue weighted by Gasteiger charge is -2.04. The first-order chi connectivity index (χ1) is 6.24. The zero-order chi connectivity index (χ0) is 9.68. The Bertz CT molecular complexity index is 276. The normalized spacial score (nSPS) is 10.2. The molecule has 0 aliphatic rings. The molecule has 3 N–H and O–H groups in total. The van der Waals surface area contributed by atoms with Crippen LogP contribution in [0.1, 0.15) is 5.56 Å². The second-order valence-corrected chi connectivity index (χ2v) is 2.67. The molecule has 0 atom stereocenters. The largest absolute Gasteiger partial charge is 0.504 e. The maximum atomic E-state index is 9.14. The molecule has 0 aromatic heterocycles. The van der Waals surface area contributed by atoms with Gasteiger partial charge in [0.05, 0.1) is 13.3 Å². The molecule has 0 aliphatic heterocycles. The van der Waals surface area contributed by atoms with Crippen LogP contribution < -0.4 is 5.32 Å². The summed E-state index contributed by atoms with van der Waals surface area (Å²) in [6.07, 6.45) is 0. The number of hydrogen-bond donors (Lipinski definition) is 3. The lowest BCUT2D eigenvalue weighted by molar-refractivity contribution is 0.108. The van der Waals surface area contributed by atoms with Crippen molar-refractivity contribution < 1.29 is 14.9 Å². The molecule has 13 heavy (non-hydrogen) atoms. The average molecular weight is 183 g/mol. The van der Waals surface area contributed by atoms with Gasteiger partial charge in [0.1, 0.15) is 0 Å². The number of hydrogen-bond acceptors (Lipinski definition) is 4. The van der Waals surface area contributed by atoms with E-state index in [4.69, 9.17) is 14.9 Å². The second-order valence-electron chi connectivity index (χ2n) is 2.67. The first-order valence-corrected chi connectivity index (χ1v) is 3.97. The van der Waals surface area contributed by atoms with Crippen LogP contribution in [0.2, 0.25) is 0 Å². The minimum Gasteiger partial charge on any atom is -0.504 e. The van der Waals surface area contributed by atoms with E-state index in [1.165, 1.54) is 12.1 Å². The van der Waals surface area contributed by atoms with Gasteiger partial charge in [0.2, 0.25) is 0 Å². The van der Waals surface area contributed by atoms with E-state index in [0.29, 0.717) is 13.3 Å². The third-order valence-corrected chi connectivity index (χ3v) is 1.55. The molecule has 72 valence electrons. The average Bonchev–Trinajstić information content (AvgIpc) is 2.12. The topological polar surface area (TPSA) is 61.7 Å². The molecular weight excluding hydrogens is 170 g/mol. The zero-order valence-corrected chi connectivity index (χ0v) is 7.45. The Morgan fingerprint density at radius 3 is 2.69 bits per heavy atom. The Hall–Kier alpha value is -1.26. The Morgan fingerprint density at radius 1 is 1.31 bits per heavy atom. The summed E-state index contributed by atoms with van der Waals surface area (Å²) in [5, 5.41) is 21.0. The smallest absolute Gasteiger partial charge is 0.157 e. The number of ether oxygens (including phenoxy) is 1. The maximum Gasteiger partial charge on any atom is 0.157 e. The standard InChI is InChI=1S/C9H13NO3/c1-10-6-13-5-7-2-3-8(11)9(12)4-7/h2-4,10-12H,5-6H2,1H3. The van der Waals surface area contributed by atoms with Crippen molar-refractivity contribution >= 4 is 0 Å². The van der Waals surface area contributed by atoms with E-state index >= 15 is 0 Å². The van der Waals surface area contributed by atoms with Crippen molar-refractivity contribution in [3.8, 4) is 11.5 Å². The van der Waals surface area contributed by atoms with Crippen LogP contribution in [0.5, 0.6) is 11.5 Å². The van der Waals surface area contributed by atoms with Crippen molar-refractivity contribution in [1.29, 1.82) is 0 Å². The summed E-state index contributed by atoms with van der Waals surface area (Å²) in [6.45, 7) is 0.871. The summed E-state index contributed by atoms with van der Waals surface area (Å²) in [7, 11) is 1.79. The van der Waals surface area contributed by atoms with E-state index in [0.717, 1.165) is 5.56 Å². The molecule has 0 amide bonds. The fourth-order valence-electron chi connectivity index (χ4n) is 0.930. The highest BCUT2D eigenvalue weighted by molar-refractivity contribution is 5.40. The van der Waals surface area contributed by atoms with Crippen molar-refractivity contribution in [2.75, 3.05) is 13.8 Å². The molecule has 1 aromatic rings. The van der Waals surface area contributed by atoms with Crippen LogP contribution in [0.25, 0.3) is 0 Å². The van der Waals surface area contributed by atoms with E-state index in [2.05, 4.69) is 5.32 Å². The molecule has 0 heterocycles. The summed E-state index contributed by atoms with van der Waals surface area (Å²) in [6, 6.07) is 4.61. The van der Waals surface area contributed by atoms with Crippen molar-refractivity contribution in [2.45, 2.75) is 6.61 Å². The SMILES string of the molecule is CNCOCc1ccc(O)c(O)c1. The van der Waals surface area contributed by atoms with Crippen LogP contribution >= 0.6 is 0 Å². The second kappa shape index (κ2) is 4.69. The van der Waals surface area contributed by atoms with Crippen LogP contribution in [0.3, 0.4) is 0 Å². The van der Waals surface area contributed by atoms with Gasteiger partial charge in [-0.05, 0) is 24.7 Å². The molecule has 1 rings (SSSR count). The third-order valence-electron chi connectivity index (χ3n) is 1.55. The van der Waals surface area contributed by atoms with Gasteiger partial charge in [0, 0.05) is 0 Å². The highest BCUT2D eigenvalue weighted by Crippen LogP contribution is 2.24. The van der Waals surface area contributed by atoms with Gasteiger partial charge < -0.3 is 14.9 Å². The fraction of sp³-hybridized carbons (Fsp3) is 0.333. The quantitative estimate of drug-likeness (QED) is 0.367. The van der Waals surface area contributed by atoms with E-state index in [1.807, 2.05) is 0 Å². The first kappa shape index (κ1) is 9.83. The van der Waals surface area contributed by atoms with Crippen molar-refractivity contribution in [3.05, 3.63) is 23.8 Å². The van der Waals surface area contributed by atoms with Crippen LogP contribution in [-0.2, 0) is 11.3 Å². The highest BCUT2D eigenvalue weighted by Gasteiger charge is 1.99. The molecule has 0 saturated heterocycles. The van der Waals surface area contributed by atoms with Gasteiger partial charge >= 0.3 is 0 Å². The monoisotopic (exact) mass is 183 g/mol. The number of benzene rings is 1. The maximum absolute atomic E-state index is 9.14. The number of aromatic hydroxyl groups is 2. The van der Waals surface area contributed by atoms with Gasteiger partial charge in [-0.15, -0.1) is 0 Å². The van der Waals surface area contributed by atoms with Crippen LogP contribution in [0.4, 0.5) is 0 Å². The molecule has 0 saturated carbocycles. The number of phenolic OH excluding ortho intramolecular Hbond substituents is 2. The van der Waals surface area contributed by atoms with Gasteiger partial charge in [-0.1, -0.05) is 6.07 Å². The number of rotatable bonds is 4. The van der Waals surface area contributed by atoms with E-state index in [9.17, 15) is 0 Å². The van der Waals surface area contributed by atoms with Crippen LogP contribution in [-0.4, -0.2) is 24.0 Å². The predicted octanol–water partition coefficient (Wildman–Crippen LogP) is 0.791. The Kier molecular flexibility index (Phi) is 3.54. The van der Waals surface area contributed by atoms with Gasteiger partial charge in [-0.3, -0.25) is 5.32 Å². The lowest BCUT2D eigenvalue weighted by atomic mass is 10.2. The highest BCUT2D eigenvalue weighted by atomic mass is 16.5. The van der Waals surface area contributed by atoms with Gasteiger partial charge in [-0.25, -0.2) is 0 Å². The molecule has 0 fully saturated rings. The minimum atomic E-state index is -0.120. The fourth-order valence-corrected chi connectivity index (χ4v) is 0.930. The summed E-state index contributed by atoms with van der Waals surface area (Å²) < 4.78 is 5.16. The molecule has 1 aromatic carbocycles. The van der Waals surface area contributed by atoms with Crippen molar-refractivity contribution in [1.82, 2.24) is 5.32 Å². The molecular formula is C9H13NO3. The third kappa shape index (κ3) is 2.93. The lowest BCUT2D eigenvalue weighted by Crippen LogP contribution is -2.11. The Balaban J connectivity index is 2.53. The molecule has 0 unspecified atom stereocenters. The number of phenols is 2. The molecule has 4 heteroatoms. The summed E-state index contributed by atoms with van der Waals surface area (Å²) in [5.41, 5.74) is 0.825. The number of nitrogens with one attached hydrogen (secondary N) is 1. The Morgan fingerprint density at radius 2 is 2.08 bits per heavy atom. The van der Waals surface area contributed by atoms with E-state index in [-0.39, 0.29) is 11.5 Å². The van der Waals surface area contributed by atoms with Crippen molar-refractivity contribution in [2.24, 2.45) is 0 Å². The van der Waals surface area contributed by atoms with Crippen LogP contribution in [0, 0.1) is 0 Å². The van der Waals surface area contributed by atoms with Crippen LogP contribution in [0.15, 0.2) is 18.2 Å². The molecule has 0 aliphatic carbocycles. The summed E-state index contributed by atoms with van der Waals surface area (Å²) >= 11 is 0. The molecule has 4 nitrogen and oxygen atoms in total. The van der Waals surface area contributed by atoms with Gasteiger partial charge in [0.15, 0.2) is 11.5 Å². The van der Waals surface area contributed by atoms with E-state index < -0.39 is 0 Å². The first-order valence-electron chi connectivity index (χ1n) is 3.97. The summed E-state index contributed by atoms with van der Waals surface area (Å²) in [5.74, 6) is -0.233. The van der Waals surface area contributed by atoms with E-state index in [1.54, 1.807) is 13.1 Å². The minimum absolute atomic E-state index is 0.114. The Labute approximate surface area is 76.8 Å². The molecule has 0 radical (unpaired) electrons.